The lowest BCUT2D eigenvalue weighted by Crippen LogP contribution is -2.52. The van der Waals surface area contributed by atoms with E-state index in [1.807, 2.05) is 88.0 Å². The fourth-order valence-corrected chi connectivity index (χ4v) is 6.58. The van der Waals surface area contributed by atoms with Gasteiger partial charge in [0.1, 0.15) is 0 Å². The maximum absolute atomic E-state index is 13.7. The molecule has 0 saturated carbocycles. The summed E-state index contributed by atoms with van der Waals surface area (Å²) < 4.78 is 27.3. The molecule has 1 aliphatic rings. The maximum Gasteiger partial charge on any atom is 0.321 e. The third-order valence-electron chi connectivity index (χ3n) is 7.29. The first-order valence-corrected chi connectivity index (χ1v) is 15.6. The average molecular weight is 557 g/mol. The van der Waals surface area contributed by atoms with E-state index in [4.69, 9.17) is 0 Å². The first-order valence-electron chi connectivity index (χ1n) is 13.9. The molecule has 0 spiro atoms. The molecule has 1 heterocycles. The van der Waals surface area contributed by atoms with Gasteiger partial charge in [-0.2, -0.15) is 4.31 Å². The van der Waals surface area contributed by atoms with E-state index in [0.29, 0.717) is 45.4 Å². The van der Waals surface area contributed by atoms with Crippen LogP contribution in [-0.4, -0.2) is 72.4 Å². The molecule has 39 heavy (non-hydrogen) atoms. The summed E-state index contributed by atoms with van der Waals surface area (Å²) in [5.41, 5.74) is 3.97. The van der Waals surface area contributed by atoms with Gasteiger partial charge in [-0.05, 0) is 61.8 Å². The smallest absolute Gasteiger partial charge is 0.321 e. The van der Waals surface area contributed by atoms with Crippen molar-refractivity contribution in [2.45, 2.75) is 66.5 Å². The lowest BCUT2D eigenvalue weighted by Gasteiger charge is -2.39. The number of amides is 3. The number of anilines is 1. The largest absolute Gasteiger partial charge is 0.334 e. The van der Waals surface area contributed by atoms with Gasteiger partial charge in [0.2, 0.25) is 15.9 Å². The number of aryl methyl sites for hydroxylation is 1. The summed E-state index contributed by atoms with van der Waals surface area (Å²) in [5, 5.41) is 3.03. The molecule has 8 nitrogen and oxygen atoms in total. The molecule has 0 aliphatic carbocycles. The Bertz CT molecular complexity index is 1210. The zero-order valence-electron chi connectivity index (χ0n) is 24.0. The van der Waals surface area contributed by atoms with Crippen LogP contribution in [0.3, 0.4) is 0 Å². The molecule has 1 fully saturated rings. The van der Waals surface area contributed by atoms with Gasteiger partial charge in [0, 0.05) is 37.9 Å². The second-order valence-electron chi connectivity index (χ2n) is 10.9. The first-order chi connectivity index (χ1) is 18.5. The minimum absolute atomic E-state index is 0.0274. The fourth-order valence-electron chi connectivity index (χ4n) is 4.97. The van der Waals surface area contributed by atoms with E-state index < -0.39 is 10.0 Å². The summed E-state index contributed by atoms with van der Waals surface area (Å²) in [6, 6.07) is 15.4. The van der Waals surface area contributed by atoms with Gasteiger partial charge in [-0.3, -0.25) is 4.79 Å². The van der Waals surface area contributed by atoms with Gasteiger partial charge < -0.3 is 15.1 Å². The number of likely N-dealkylation sites (tertiary alicyclic amines) is 1. The fraction of sp³-hybridized carbons (Fsp3) is 0.533. The molecule has 214 valence electrons. The van der Waals surface area contributed by atoms with E-state index in [1.54, 1.807) is 4.90 Å². The van der Waals surface area contributed by atoms with Crippen molar-refractivity contribution < 1.29 is 18.0 Å². The van der Waals surface area contributed by atoms with Crippen LogP contribution in [0.1, 0.15) is 56.7 Å². The predicted molar refractivity (Wildman–Crippen MR) is 157 cm³/mol. The van der Waals surface area contributed by atoms with Crippen LogP contribution in [-0.2, 0) is 21.4 Å². The van der Waals surface area contributed by atoms with Crippen LogP contribution in [0.2, 0.25) is 0 Å². The Balaban J connectivity index is 1.73. The molecule has 0 unspecified atom stereocenters. The highest BCUT2D eigenvalue weighted by atomic mass is 32.2. The van der Waals surface area contributed by atoms with Crippen molar-refractivity contribution in [2.75, 3.05) is 37.2 Å². The number of piperidine rings is 1. The summed E-state index contributed by atoms with van der Waals surface area (Å²) in [6.07, 6.45) is 1.76. The van der Waals surface area contributed by atoms with Crippen LogP contribution in [0.25, 0.3) is 0 Å². The molecular weight excluding hydrogens is 512 g/mol. The Morgan fingerprint density at radius 1 is 1.03 bits per heavy atom. The number of carbonyl (C=O) groups is 2. The van der Waals surface area contributed by atoms with E-state index in [1.165, 1.54) is 4.31 Å². The number of carbonyl (C=O) groups excluding carboxylic acids is 2. The van der Waals surface area contributed by atoms with E-state index >= 15 is 0 Å². The van der Waals surface area contributed by atoms with Crippen LogP contribution >= 0.6 is 0 Å². The lowest BCUT2D eigenvalue weighted by atomic mass is 10.0. The Hall–Kier alpha value is -2.91. The van der Waals surface area contributed by atoms with Crippen LogP contribution in [0.4, 0.5) is 10.5 Å². The van der Waals surface area contributed by atoms with Crippen molar-refractivity contribution >= 4 is 27.6 Å². The molecule has 9 heteroatoms. The zero-order valence-corrected chi connectivity index (χ0v) is 24.8. The van der Waals surface area contributed by atoms with Crippen molar-refractivity contribution in [3.05, 3.63) is 65.2 Å². The summed E-state index contributed by atoms with van der Waals surface area (Å²) >= 11 is 0. The van der Waals surface area contributed by atoms with Crippen molar-refractivity contribution in [3.63, 3.8) is 0 Å². The molecule has 2 aromatic carbocycles. The van der Waals surface area contributed by atoms with Gasteiger partial charge in [0.15, 0.2) is 0 Å². The number of nitrogens with zero attached hydrogens (tertiary/aromatic N) is 3. The highest BCUT2D eigenvalue weighted by molar-refractivity contribution is 7.89. The van der Waals surface area contributed by atoms with Crippen molar-refractivity contribution in [1.82, 2.24) is 14.1 Å². The second kappa shape index (κ2) is 13.9. The minimum atomic E-state index is -3.53. The number of urea groups is 1. The SMILES string of the molecule is CCCS(=O)(=O)N(CC(=O)N(Cc1ccccc1)C1CCN(C(=O)Nc2cccc(C)c2C)CC1)CC(C)C. The molecule has 2 aromatic rings. The number of nitrogens with one attached hydrogen (secondary N) is 1. The van der Waals surface area contributed by atoms with Crippen molar-refractivity contribution in [2.24, 2.45) is 5.92 Å². The van der Waals surface area contributed by atoms with Gasteiger partial charge in [-0.15, -0.1) is 0 Å². The topological polar surface area (TPSA) is 90.0 Å². The second-order valence-corrected chi connectivity index (χ2v) is 13.0. The summed E-state index contributed by atoms with van der Waals surface area (Å²) in [5.74, 6) is -0.0668. The molecule has 1 N–H and O–H groups in total. The third kappa shape index (κ3) is 8.54. The zero-order chi connectivity index (χ0) is 28.6. The van der Waals surface area contributed by atoms with Crippen molar-refractivity contribution in [1.29, 1.82) is 0 Å². The number of rotatable bonds is 11. The van der Waals surface area contributed by atoms with Crippen molar-refractivity contribution in [3.8, 4) is 0 Å². The van der Waals surface area contributed by atoms with Crippen LogP contribution in [0.15, 0.2) is 48.5 Å². The number of sulfonamides is 1. The Morgan fingerprint density at radius 3 is 2.31 bits per heavy atom. The summed E-state index contributed by atoms with van der Waals surface area (Å²) in [7, 11) is -3.53. The normalized spacial score (nSPS) is 14.6. The molecule has 3 rings (SSSR count). The first kappa shape index (κ1) is 30.6. The standard InChI is InChI=1S/C30H44N4O4S/c1-6-19-39(37,38)33(20-23(2)3)22-29(35)34(21-26-12-8-7-9-13-26)27-15-17-32(18-16-27)30(36)31-28-14-10-11-24(4)25(28)5/h7-14,23,27H,6,15-22H2,1-5H3,(H,31,36). The maximum atomic E-state index is 13.7. The van der Waals surface area contributed by atoms with Gasteiger partial charge in [0.25, 0.3) is 0 Å². The van der Waals surface area contributed by atoms with Crippen LogP contribution in [0, 0.1) is 19.8 Å². The van der Waals surface area contributed by atoms with Gasteiger partial charge in [-0.25, -0.2) is 13.2 Å². The highest BCUT2D eigenvalue weighted by Crippen LogP contribution is 2.23. The molecule has 0 atom stereocenters. The highest BCUT2D eigenvalue weighted by Gasteiger charge is 2.33. The Kier molecular flexibility index (Phi) is 10.9. The van der Waals surface area contributed by atoms with E-state index in [9.17, 15) is 18.0 Å². The molecule has 1 saturated heterocycles. The number of hydrogen-bond donors (Lipinski definition) is 1. The van der Waals surface area contributed by atoms with E-state index in [-0.39, 0.29) is 36.2 Å². The van der Waals surface area contributed by atoms with E-state index in [2.05, 4.69) is 5.32 Å². The monoisotopic (exact) mass is 556 g/mol. The van der Waals surface area contributed by atoms with Crippen LogP contribution < -0.4 is 5.32 Å². The minimum Gasteiger partial charge on any atom is -0.334 e. The Labute approximate surface area is 234 Å². The van der Waals surface area contributed by atoms with Gasteiger partial charge in [-0.1, -0.05) is 63.2 Å². The molecule has 1 aliphatic heterocycles. The van der Waals surface area contributed by atoms with Crippen LogP contribution in [0.5, 0.6) is 0 Å². The van der Waals surface area contributed by atoms with Gasteiger partial charge >= 0.3 is 6.03 Å². The molecule has 0 radical (unpaired) electrons. The molecule has 0 aromatic heterocycles. The van der Waals surface area contributed by atoms with E-state index in [0.717, 1.165) is 22.4 Å². The Morgan fingerprint density at radius 2 is 1.69 bits per heavy atom. The quantitative estimate of drug-likeness (QED) is 0.421. The summed E-state index contributed by atoms with van der Waals surface area (Å²) in [6.45, 7) is 11.3. The number of hydrogen-bond acceptors (Lipinski definition) is 4. The number of benzene rings is 2. The molecule has 3 amide bonds. The molecule has 0 bridgehead atoms. The molecular formula is C30H44N4O4S. The van der Waals surface area contributed by atoms with Gasteiger partial charge in [0.05, 0.1) is 12.3 Å². The average Bonchev–Trinajstić information content (AvgIpc) is 2.90. The lowest BCUT2D eigenvalue weighted by molar-refractivity contribution is -0.135. The third-order valence-corrected chi connectivity index (χ3v) is 9.28. The predicted octanol–water partition coefficient (Wildman–Crippen LogP) is 5.03. The summed E-state index contributed by atoms with van der Waals surface area (Å²) in [4.78, 5) is 30.4.